The molecule has 2 fully saturated rings. The van der Waals surface area contributed by atoms with Crippen molar-refractivity contribution in [3.05, 3.63) is 62.3 Å². The smallest absolute Gasteiger partial charge is 0.140 e. The zero-order chi connectivity index (χ0) is 28.7. The lowest BCUT2D eigenvalue weighted by molar-refractivity contribution is 0.144. The lowest BCUT2D eigenvalue weighted by Gasteiger charge is -2.46. The van der Waals surface area contributed by atoms with Gasteiger partial charge in [-0.2, -0.15) is 0 Å². The maximum absolute atomic E-state index is 15.0. The number of anilines is 2. The van der Waals surface area contributed by atoms with E-state index in [1.54, 1.807) is 38.6 Å². The predicted molar refractivity (Wildman–Crippen MR) is 176 cm³/mol. The Hall–Kier alpha value is -2.21. The number of thiophene rings is 1. The number of benzene rings is 1. The van der Waals surface area contributed by atoms with Crippen LogP contribution in [0.1, 0.15) is 62.3 Å². The lowest BCUT2D eigenvalue weighted by Crippen LogP contribution is -2.47. The minimum absolute atomic E-state index is 0.272. The molecule has 2 aromatic heterocycles. The van der Waals surface area contributed by atoms with Gasteiger partial charge in [-0.25, -0.2) is 14.4 Å². The summed E-state index contributed by atoms with van der Waals surface area (Å²) < 4.78 is 20.5. The van der Waals surface area contributed by atoms with E-state index in [0.29, 0.717) is 18.0 Å². The number of halogens is 2. The molecule has 5 rings (SSSR count). The SMILES string of the molecule is C=Ic1cc(C(O)NC)cc(/C=C/C)c1NC1CC2(CCN(c3ncnc4sc(CC(C)(F)C(=C)C)cc34)C2)C1. The number of nitrogens with zero attached hydrogens (tertiary/aromatic N) is 3. The number of rotatable bonds is 10. The first-order valence-corrected chi connectivity index (χ1v) is 17.1. The van der Waals surface area contributed by atoms with Crippen LogP contribution in [0.4, 0.5) is 15.9 Å². The molecule has 3 aromatic rings. The number of hydrogen-bond acceptors (Lipinski definition) is 7. The molecule has 3 heterocycles. The van der Waals surface area contributed by atoms with Crippen LogP contribution in [-0.2, 0) is 6.42 Å². The van der Waals surface area contributed by atoms with E-state index in [1.165, 1.54) is 9.26 Å². The minimum Gasteiger partial charge on any atom is -0.381 e. The molecule has 9 heteroatoms. The number of aliphatic hydroxyl groups excluding tert-OH is 1. The quantitative estimate of drug-likeness (QED) is 0.125. The van der Waals surface area contributed by atoms with Crippen molar-refractivity contribution in [2.45, 2.75) is 64.4 Å². The van der Waals surface area contributed by atoms with Crippen molar-refractivity contribution >= 4 is 64.4 Å². The van der Waals surface area contributed by atoms with E-state index in [2.05, 4.69) is 60.9 Å². The maximum Gasteiger partial charge on any atom is 0.140 e. The van der Waals surface area contributed by atoms with E-state index in [0.717, 1.165) is 64.4 Å². The Morgan fingerprint density at radius 3 is 2.83 bits per heavy atom. The van der Waals surface area contributed by atoms with Crippen LogP contribution in [0.2, 0.25) is 0 Å². The summed E-state index contributed by atoms with van der Waals surface area (Å²) in [4.78, 5) is 13.5. The normalized spacial score (nSPS) is 23.1. The van der Waals surface area contributed by atoms with Gasteiger partial charge in [0.2, 0.25) is 0 Å². The second kappa shape index (κ2) is 11.6. The Labute approximate surface area is 250 Å². The van der Waals surface area contributed by atoms with Crippen LogP contribution < -0.4 is 15.5 Å². The van der Waals surface area contributed by atoms with E-state index in [1.807, 2.05) is 13.0 Å². The van der Waals surface area contributed by atoms with E-state index in [9.17, 15) is 9.50 Å². The monoisotopic (exact) mass is 675 g/mol. The van der Waals surface area contributed by atoms with Crippen molar-refractivity contribution < 1.29 is 9.50 Å². The fraction of sp³-hybridized carbons (Fsp3) is 0.452. The van der Waals surface area contributed by atoms with Crippen molar-refractivity contribution in [1.82, 2.24) is 15.3 Å². The van der Waals surface area contributed by atoms with Crippen molar-refractivity contribution in [3.63, 3.8) is 0 Å². The molecule has 1 aromatic carbocycles. The first-order chi connectivity index (χ1) is 19.1. The Morgan fingerprint density at radius 1 is 1.38 bits per heavy atom. The summed E-state index contributed by atoms with van der Waals surface area (Å²) in [5.74, 6) is 0.967. The molecule has 6 nitrogen and oxygen atoms in total. The molecule has 2 unspecified atom stereocenters. The third-order valence-corrected chi connectivity index (χ3v) is 11.1. The summed E-state index contributed by atoms with van der Waals surface area (Å²) in [6.07, 6.45) is 8.76. The molecule has 2 atom stereocenters. The van der Waals surface area contributed by atoms with Gasteiger partial charge < -0.3 is 15.3 Å². The van der Waals surface area contributed by atoms with Gasteiger partial charge in [0.25, 0.3) is 0 Å². The molecule has 0 radical (unpaired) electrons. The number of alkyl halides is 1. The highest BCUT2D eigenvalue weighted by molar-refractivity contribution is 14.2. The molecule has 1 aliphatic carbocycles. The maximum atomic E-state index is 15.0. The van der Waals surface area contributed by atoms with Crippen LogP contribution in [-0.4, -0.2) is 51.4 Å². The fourth-order valence-electron chi connectivity index (χ4n) is 5.99. The molecule has 1 aliphatic heterocycles. The topological polar surface area (TPSA) is 73.3 Å². The van der Waals surface area contributed by atoms with Crippen molar-refractivity contribution in [2.75, 3.05) is 30.4 Å². The average Bonchev–Trinajstić information content (AvgIpc) is 3.52. The van der Waals surface area contributed by atoms with Crippen LogP contribution in [0.3, 0.4) is 0 Å². The number of fused-ring (bicyclic) bond motifs is 1. The first kappa shape index (κ1) is 29.3. The minimum atomic E-state index is -1.43. The molecule has 0 bridgehead atoms. The number of hydrogen-bond donors (Lipinski definition) is 3. The van der Waals surface area contributed by atoms with Crippen LogP contribution in [0.15, 0.2) is 42.8 Å². The number of aliphatic hydroxyl groups is 1. The Balaban J connectivity index is 1.30. The largest absolute Gasteiger partial charge is 0.381 e. The average molecular weight is 676 g/mol. The van der Waals surface area contributed by atoms with Crippen molar-refractivity contribution in [3.8, 4) is 0 Å². The molecular weight excluding hydrogens is 636 g/mol. The molecule has 1 saturated heterocycles. The summed E-state index contributed by atoms with van der Waals surface area (Å²) in [5, 5.41) is 18.2. The second-order valence-corrected chi connectivity index (χ2v) is 14.5. The van der Waals surface area contributed by atoms with E-state index in [-0.39, 0.29) is 5.41 Å². The highest BCUT2D eigenvalue weighted by Gasteiger charge is 2.49. The predicted octanol–water partition coefficient (Wildman–Crippen LogP) is 6.82. The Bertz CT molecular complexity index is 1460. The summed E-state index contributed by atoms with van der Waals surface area (Å²) in [6.45, 7) is 11.1. The summed E-state index contributed by atoms with van der Waals surface area (Å²) in [6, 6.07) is 6.64. The summed E-state index contributed by atoms with van der Waals surface area (Å²) in [7, 11) is 1.76. The van der Waals surface area contributed by atoms with Gasteiger partial charge >= 0.3 is 0 Å². The number of aromatic nitrogens is 2. The van der Waals surface area contributed by atoms with Gasteiger partial charge in [0, 0.05) is 34.0 Å². The van der Waals surface area contributed by atoms with Gasteiger partial charge in [-0.1, -0.05) is 44.0 Å². The highest BCUT2D eigenvalue weighted by atomic mass is 127. The standard InChI is InChI=1S/C31H39FIN5OS/c1-7-8-20-11-21(28(39)34-6)12-25(33-5)26(20)37-22-14-31(15-22)9-10-38(17-31)27-24-13-23(16-30(4,32)19(2)3)40-29(24)36-18-35-27/h7-8,11-13,18,22,28,34,37,39H,2,5,9-10,14-17H2,1,3-4,6H3/b8-7+. The van der Waals surface area contributed by atoms with Crippen LogP contribution in [0, 0.1) is 8.99 Å². The Morgan fingerprint density at radius 2 is 2.15 bits per heavy atom. The van der Waals surface area contributed by atoms with Crippen molar-refractivity contribution in [1.29, 1.82) is 0 Å². The van der Waals surface area contributed by atoms with Crippen LogP contribution in [0.5, 0.6) is 0 Å². The highest BCUT2D eigenvalue weighted by Crippen LogP contribution is 2.51. The number of nitrogens with one attached hydrogen (secondary N) is 2. The third-order valence-electron chi connectivity index (χ3n) is 8.42. The summed E-state index contributed by atoms with van der Waals surface area (Å²) >= 11 is 1.13. The number of allylic oxidation sites excluding steroid dienone is 2. The molecule has 40 heavy (non-hydrogen) atoms. The zero-order valence-electron chi connectivity index (χ0n) is 23.7. The molecule has 0 amide bonds. The fourth-order valence-corrected chi connectivity index (χ4v) is 8.55. The van der Waals surface area contributed by atoms with Gasteiger partial charge in [-0.15, -0.1) is 11.3 Å². The second-order valence-electron chi connectivity index (χ2n) is 11.5. The lowest BCUT2D eigenvalue weighted by atomic mass is 9.65. The molecule has 1 spiro atoms. The summed E-state index contributed by atoms with van der Waals surface area (Å²) in [5.41, 5.74) is 2.53. The first-order valence-electron chi connectivity index (χ1n) is 13.7. The van der Waals surface area contributed by atoms with Crippen molar-refractivity contribution in [2.24, 2.45) is 5.41 Å². The van der Waals surface area contributed by atoms with Crippen LogP contribution >= 0.6 is 32.1 Å². The van der Waals surface area contributed by atoms with Gasteiger partial charge in [0.05, 0.1) is 11.1 Å². The van der Waals surface area contributed by atoms with E-state index >= 15 is 0 Å². The molecule has 1 saturated carbocycles. The Kier molecular flexibility index (Phi) is 8.48. The van der Waals surface area contributed by atoms with Gasteiger partial charge in [0.15, 0.2) is 0 Å². The molecule has 214 valence electrons. The molecular formula is C31H39FIN5OS. The van der Waals surface area contributed by atoms with Gasteiger partial charge in [-0.05, 0) is 87.4 Å². The molecule has 2 aliphatic rings. The van der Waals surface area contributed by atoms with Gasteiger partial charge in [-0.3, -0.25) is 5.32 Å². The van der Waals surface area contributed by atoms with E-state index < -0.39 is 32.6 Å². The van der Waals surface area contributed by atoms with Gasteiger partial charge in [0.1, 0.15) is 28.9 Å². The van der Waals surface area contributed by atoms with Crippen LogP contribution in [0.25, 0.3) is 16.3 Å². The molecule has 3 N–H and O–H groups in total. The van der Waals surface area contributed by atoms with E-state index in [4.69, 9.17) is 0 Å². The third kappa shape index (κ3) is 5.75. The zero-order valence-corrected chi connectivity index (χ0v) is 26.7.